The predicted octanol–water partition coefficient (Wildman–Crippen LogP) is -0.321. The lowest BCUT2D eigenvalue weighted by atomic mass is 10.1. The van der Waals surface area contributed by atoms with Gasteiger partial charge in [0.25, 0.3) is 0 Å². The number of nitrogens with zero attached hydrogens (tertiary/aromatic N) is 1. The molecule has 0 aliphatic carbocycles. The van der Waals surface area contributed by atoms with Gasteiger partial charge in [0, 0.05) is 19.1 Å². The second kappa shape index (κ2) is 2.12. The van der Waals surface area contributed by atoms with Gasteiger partial charge < -0.3 is 5.32 Å². The van der Waals surface area contributed by atoms with Crippen LogP contribution in [-0.4, -0.2) is 30.2 Å². The molecular weight excluding hydrogens is 130 g/mol. The second-order valence-corrected chi connectivity index (χ2v) is 2.85. The largest absolute Gasteiger partial charge is 0.334 e. The second-order valence-electron chi connectivity index (χ2n) is 2.85. The summed E-state index contributed by atoms with van der Waals surface area (Å²) in [6.07, 6.45) is 2.16. The van der Waals surface area contributed by atoms with E-state index in [4.69, 9.17) is 0 Å². The molecule has 3 fully saturated rings. The zero-order valence-electron chi connectivity index (χ0n) is 5.76. The van der Waals surface area contributed by atoms with Gasteiger partial charge in [-0.2, -0.15) is 0 Å². The molecule has 2 N–H and O–H groups in total. The van der Waals surface area contributed by atoms with Gasteiger partial charge in [0.2, 0.25) is 0 Å². The molecule has 0 aromatic heterocycles. The summed E-state index contributed by atoms with van der Waals surface area (Å²) >= 11 is 0. The number of nitrogens with one attached hydrogen (secondary N) is 2. The summed E-state index contributed by atoms with van der Waals surface area (Å²) in [5.41, 5.74) is 2.75. The van der Waals surface area contributed by atoms with Crippen LogP contribution in [0.5, 0.6) is 0 Å². The first kappa shape index (κ1) is 5.97. The fraction of sp³-hybridized carbons (Fsp3) is 0.833. The maximum atomic E-state index is 10.9. The number of carbonyl (C=O) groups excluding carboxylic acids is 1. The third-order valence-electron chi connectivity index (χ3n) is 2.09. The van der Waals surface area contributed by atoms with Gasteiger partial charge in [-0.25, -0.2) is 9.80 Å². The molecule has 3 rings (SSSR count). The highest BCUT2D eigenvalue weighted by Crippen LogP contribution is 2.10. The summed E-state index contributed by atoms with van der Waals surface area (Å²) in [5.74, 6) is 0. The van der Waals surface area contributed by atoms with Crippen molar-refractivity contribution in [1.82, 2.24) is 15.8 Å². The molecule has 4 heteroatoms. The zero-order valence-corrected chi connectivity index (χ0v) is 5.76. The van der Waals surface area contributed by atoms with Crippen LogP contribution >= 0.6 is 0 Å². The van der Waals surface area contributed by atoms with Crippen LogP contribution in [0.3, 0.4) is 0 Å². The summed E-state index contributed by atoms with van der Waals surface area (Å²) < 4.78 is 0. The molecule has 3 saturated heterocycles. The van der Waals surface area contributed by atoms with Crippen LogP contribution in [0.1, 0.15) is 12.8 Å². The highest BCUT2D eigenvalue weighted by atomic mass is 16.2. The lowest BCUT2D eigenvalue weighted by Gasteiger charge is -2.24. The number of hydrogen-bond donors (Lipinski definition) is 2. The Bertz CT molecular complexity index is 135. The zero-order chi connectivity index (χ0) is 6.97. The van der Waals surface area contributed by atoms with Crippen molar-refractivity contribution in [2.24, 2.45) is 0 Å². The van der Waals surface area contributed by atoms with Gasteiger partial charge in [-0.15, -0.1) is 0 Å². The van der Waals surface area contributed by atoms with Crippen LogP contribution in [0.15, 0.2) is 0 Å². The van der Waals surface area contributed by atoms with Gasteiger partial charge >= 0.3 is 6.03 Å². The molecule has 2 bridgehead atoms. The lowest BCUT2D eigenvalue weighted by molar-refractivity contribution is 0.177. The average molecular weight is 141 g/mol. The van der Waals surface area contributed by atoms with Gasteiger partial charge in [0.15, 0.2) is 0 Å². The van der Waals surface area contributed by atoms with E-state index in [0.717, 1.165) is 25.9 Å². The van der Waals surface area contributed by atoms with Crippen LogP contribution in [-0.2, 0) is 0 Å². The molecular formula is C6H11N3O. The fourth-order valence-electron chi connectivity index (χ4n) is 1.50. The molecule has 0 saturated carbocycles. The molecule has 2 amide bonds. The first-order valence-corrected chi connectivity index (χ1v) is 3.67. The minimum Gasteiger partial charge on any atom is -0.334 e. The summed E-state index contributed by atoms with van der Waals surface area (Å²) in [6.45, 7) is 1.98. The van der Waals surface area contributed by atoms with Gasteiger partial charge in [0.1, 0.15) is 0 Å². The number of rotatable bonds is 0. The first-order valence-electron chi connectivity index (χ1n) is 3.67. The first-order chi connectivity index (χ1) is 4.84. The van der Waals surface area contributed by atoms with E-state index in [9.17, 15) is 4.79 Å². The molecule has 0 spiro atoms. The van der Waals surface area contributed by atoms with Crippen molar-refractivity contribution in [1.29, 1.82) is 0 Å². The Balaban J connectivity index is 2.12. The van der Waals surface area contributed by atoms with Crippen LogP contribution in [0.4, 0.5) is 4.79 Å². The van der Waals surface area contributed by atoms with Crippen molar-refractivity contribution in [2.75, 3.05) is 13.1 Å². The van der Waals surface area contributed by atoms with Crippen molar-refractivity contribution < 1.29 is 4.79 Å². The Kier molecular flexibility index (Phi) is 1.27. The van der Waals surface area contributed by atoms with Crippen molar-refractivity contribution in [3.63, 3.8) is 0 Å². The molecule has 0 radical (unpaired) electrons. The maximum Gasteiger partial charge on any atom is 0.329 e. The summed E-state index contributed by atoms with van der Waals surface area (Å²) in [7, 11) is 0. The van der Waals surface area contributed by atoms with Crippen molar-refractivity contribution in [3.8, 4) is 0 Å². The number of carbonyl (C=O) groups is 1. The normalized spacial score (nSPS) is 38.2. The van der Waals surface area contributed by atoms with Crippen molar-refractivity contribution in [2.45, 2.75) is 18.9 Å². The van der Waals surface area contributed by atoms with Crippen LogP contribution < -0.4 is 10.7 Å². The highest BCUT2D eigenvalue weighted by Gasteiger charge is 2.25. The quantitative estimate of drug-likeness (QED) is 0.485. The highest BCUT2D eigenvalue weighted by molar-refractivity contribution is 5.74. The van der Waals surface area contributed by atoms with Crippen molar-refractivity contribution in [3.05, 3.63) is 0 Å². The molecule has 0 aromatic carbocycles. The lowest BCUT2D eigenvalue weighted by Crippen LogP contribution is -2.42. The van der Waals surface area contributed by atoms with E-state index in [-0.39, 0.29) is 6.03 Å². The van der Waals surface area contributed by atoms with Crippen LogP contribution in [0.2, 0.25) is 0 Å². The minimum atomic E-state index is -0.0417. The average Bonchev–Trinajstić information content (AvgIpc) is 2.17. The monoisotopic (exact) mass is 141 g/mol. The van der Waals surface area contributed by atoms with Gasteiger partial charge in [0.05, 0.1) is 0 Å². The number of hydrogen-bond acceptors (Lipinski definition) is 2. The Morgan fingerprint density at radius 3 is 2.80 bits per heavy atom. The third-order valence-corrected chi connectivity index (χ3v) is 2.09. The molecule has 0 aromatic rings. The van der Waals surface area contributed by atoms with Gasteiger partial charge in [-0.1, -0.05) is 0 Å². The maximum absolute atomic E-state index is 10.9. The Labute approximate surface area is 59.5 Å². The number of amides is 2. The Morgan fingerprint density at radius 2 is 2.10 bits per heavy atom. The summed E-state index contributed by atoms with van der Waals surface area (Å²) in [6, 6.07) is 0.374. The van der Waals surface area contributed by atoms with E-state index in [2.05, 4.69) is 10.7 Å². The minimum absolute atomic E-state index is 0.0417. The van der Waals surface area contributed by atoms with Gasteiger partial charge in [-0.3, -0.25) is 5.43 Å². The number of urea groups is 1. The molecule has 56 valence electrons. The fourth-order valence-corrected chi connectivity index (χ4v) is 1.50. The SMILES string of the molecule is O=C1NC2CCN(CC2)N1. The van der Waals surface area contributed by atoms with Crippen LogP contribution in [0.25, 0.3) is 0 Å². The molecule has 0 atom stereocenters. The topological polar surface area (TPSA) is 44.4 Å². The molecule has 3 aliphatic rings. The summed E-state index contributed by atoms with van der Waals surface area (Å²) in [4.78, 5) is 10.9. The number of piperidine rings is 1. The standard InChI is InChI=1S/C6H11N3O/c10-6-7-5-1-3-9(8-6)4-2-5/h5H,1-4H2,(H2,7,8,10). The van der Waals surface area contributed by atoms with Gasteiger partial charge in [-0.05, 0) is 12.8 Å². The van der Waals surface area contributed by atoms with E-state index < -0.39 is 0 Å². The van der Waals surface area contributed by atoms with E-state index in [0.29, 0.717) is 6.04 Å². The number of hydrazine groups is 1. The van der Waals surface area contributed by atoms with Crippen LogP contribution in [0, 0.1) is 0 Å². The number of fused-ring (bicyclic) bond motifs is 4. The Morgan fingerprint density at radius 1 is 1.40 bits per heavy atom. The smallest absolute Gasteiger partial charge is 0.329 e. The predicted molar refractivity (Wildman–Crippen MR) is 36.3 cm³/mol. The third kappa shape index (κ3) is 0.945. The van der Waals surface area contributed by atoms with E-state index in [1.807, 2.05) is 5.01 Å². The molecule has 0 unspecified atom stereocenters. The van der Waals surface area contributed by atoms with E-state index in [1.165, 1.54) is 0 Å². The Hall–Kier alpha value is -0.770. The molecule has 4 nitrogen and oxygen atoms in total. The van der Waals surface area contributed by atoms with Crippen molar-refractivity contribution >= 4 is 6.03 Å². The van der Waals surface area contributed by atoms with E-state index in [1.54, 1.807) is 0 Å². The summed E-state index contributed by atoms with van der Waals surface area (Å²) in [5, 5.41) is 4.85. The molecule has 3 aliphatic heterocycles. The molecule has 10 heavy (non-hydrogen) atoms. The van der Waals surface area contributed by atoms with E-state index >= 15 is 0 Å². The molecule has 3 heterocycles.